The summed E-state index contributed by atoms with van der Waals surface area (Å²) in [5.41, 5.74) is -0.561. The van der Waals surface area contributed by atoms with Gasteiger partial charge in [0.2, 0.25) is 0 Å². The van der Waals surface area contributed by atoms with Gasteiger partial charge in [-0.05, 0) is 11.8 Å². The molecule has 2 atom stereocenters. The Bertz CT molecular complexity index is 325. The third kappa shape index (κ3) is 7.26. The second-order valence-electron chi connectivity index (χ2n) is 5.17. The Labute approximate surface area is 110 Å². The van der Waals surface area contributed by atoms with Gasteiger partial charge in [-0.1, -0.05) is 20.8 Å². The summed E-state index contributed by atoms with van der Waals surface area (Å²) in [4.78, 5) is 22.5. The van der Waals surface area contributed by atoms with Crippen LogP contribution in [-0.2, 0) is 15.6 Å². The molecule has 7 heteroatoms. The zero-order valence-corrected chi connectivity index (χ0v) is 12.1. The second kappa shape index (κ2) is 7.35. The van der Waals surface area contributed by atoms with Crippen LogP contribution in [0.1, 0.15) is 27.2 Å². The topological polar surface area (TPSA) is 95.5 Å². The minimum atomic E-state index is -1.06. The van der Waals surface area contributed by atoms with Crippen molar-refractivity contribution >= 4 is 22.8 Å². The summed E-state index contributed by atoms with van der Waals surface area (Å²) < 4.78 is 10.8. The molecule has 106 valence electrons. The molecular formula is C11H22N2O4S. The van der Waals surface area contributed by atoms with Gasteiger partial charge in [-0.15, -0.1) is 0 Å². The maximum absolute atomic E-state index is 11.5. The Kier molecular flexibility index (Phi) is 6.90. The van der Waals surface area contributed by atoms with Gasteiger partial charge < -0.3 is 15.7 Å². The van der Waals surface area contributed by atoms with E-state index in [-0.39, 0.29) is 0 Å². The Morgan fingerprint density at radius 2 is 1.89 bits per heavy atom. The SMILES string of the molecule is CS(=O)CCCNC(=O)NC(C(=O)O)C(C)(C)C. The number of carbonyl (C=O) groups is 2. The van der Waals surface area contributed by atoms with Gasteiger partial charge in [0, 0.05) is 29.4 Å². The van der Waals surface area contributed by atoms with Crippen LogP contribution in [0.3, 0.4) is 0 Å². The van der Waals surface area contributed by atoms with Crippen LogP contribution in [-0.4, -0.2) is 45.9 Å². The van der Waals surface area contributed by atoms with E-state index in [0.29, 0.717) is 18.7 Å². The van der Waals surface area contributed by atoms with Gasteiger partial charge in [0.25, 0.3) is 0 Å². The van der Waals surface area contributed by atoms with Crippen LogP contribution in [0.2, 0.25) is 0 Å². The number of amides is 2. The summed E-state index contributed by atoms with van der Waals surface area (Å²) in [5, 5.41) is 14.0. The largest absolute Gasteiger partial charge is 0.480 e. The summed E-state index contributed by atoms with van der Waals surface area (Å²) in [6, 6.07) is -1.46. The van der Waals surface area contributed by atoms with Crippen molar-refractivity contribution in [3.8, 4) is 0 Å². The Morgan fingerprint density at radius 1 is 1.33 bits per heavy atom. The molecule has 0 aliphatic heterocycles. The molecule has 0 aromatic rings. The first-order valence-electron chi connectivity index (χ1n) is 5.72. The smallest absolute Gasteiger partial charge is 0.326 e. The molecule has 0 heterocycles. The van der Waals surface area contributed by atoms with Crippen LogP contribution in [0, 0.1) is 5.41 Å². The number of carboxylic acid groups (broad SMARTS) is 1. The van der Waals surface area contributed by atoms with Crippen molar-refractivity contribution < 1.29 is 18.9 Å². The first kappa shape index (κ1) is 16.9. The number of hydrogen-bond acceptors (Lipinski definition) is 3. The normalized spacial score (nSPS) is 14.7. The summed E-state index contributed by atoms with van der Waals surface area (Å²) in [7, 11) is -0.878. The van der Waals surface area contributed by atoms with Gasteiger partial charge in [-0.2, -0.15) is 0 Å². The van der Waals surface area contributed by atoms with E-state index in [1.165, 1.54) is 0 Å². The molecule has 2 unspecified atom stereocenters. The van der Waals surface area contributed by atoms with E-state index in [1.54, 1.807) is 27.0 Å². The number of nitrogens with one attached hydrogen (secondary N) is 2. The van der Waals surface area contributed by atoms with Crippen LogP contribution in [0.4, 0.5) is 4.79 Å². The molecule has 6 nitrogen and oxygen atoms in total. The predicted molar refractivity (Wildman–Crippen MR) is 71.0 cm³/mol. The van der Waals surface area contributed by atoms with E-state index in [2.05, 4.69) is 10.6 Å². The van der Waals surface area contributed by atoms with Crippen molar-refractivity contribution in [1.82, 2.24) is 10.6 Å². The minimum absolute atomic E-state index is 0.377. The van der Waals surface area contributed by atoms with E-state index in [9.17, 15) is 13.8 Å². The molecule has 0 aliphatic carbocycles. The van der Waals surface area contributed by atoms with Gasteiger partial charge in [0.15, 0.2) is 0 Å². The molecule has 0 aromatic carbocycles. The average Bonchev–Trinajstić information content (AvgIpc) is 2.18. The maximum Gasteiger partial charge on any atom is 0.326 e. The molecule has 18 heavy (non-hydrogen) atoms. The standard InChI is InChI=1S/C11H22N2O4S/c1-11(2,3)8(9(14)15)13-10(16)12-6-5-7-18(4)17/h8H,5-7H2,1-4H3,(H,14,15)(H2,12,13,16). The van der Waals surface area contributed by atoms with Crippen molar-refractivity contribution in [2.45, 2.75) is 33.2 Å². The number of urea groups is 1. The summed E-state index contributed by atoms with van der Waals surface area (Å²) >= 11 is 0. The minimum Gasteiger partial charge on any atom is -0.480 e. The van der Waals surface area contributed by atoms with Gasteiger partial charge in [0.05, 0.1) is 0 Å². The molecule has 0 saturated carbocycles. The fourth-order valence-electron chi connectivity index (χ4n) is 1.31. The third-order valence-electron chi connectivity index (χ3n) is 2.28. The molecule has 0 bridgehead atoms. The predicted octanol–water partition coefficient (Wildman–Crippen LogP) is 0.554. The number of carbonyl (C=O) groups excluding carboxylic acids is 1. The van der Waals surface area contributed by atoms with Crippen molar-refractivity contribution in [3.63, 3.8) is 0 Å². The maximum atomic E-state index is 11.5. The molecule has 0 aromatic heterocycles. The molecule has 0 rings (SSSR count). The molecule has 0 spiro atoms. The molecule has 0 radical (unpaired) electrons. The highest BCUT2D eigenvalue weighted by Gasteiger charge is 2.32. The van der Waals surface area contributed by atoms with Gasteiger partial charge in [0.1, 0.15) is 6.04 Å². The van der Waals surface area contributed by atoms with Crippen molar-refractivity contribution in [1.29, 1.82) is 0 Å². The summed E-state index contributed by atoms with van der Waals surface area (Å²) in [6.45, 7) is 5.60. The van der Waals surface area contributed by atoms with Gasteiger partial charge in [-0.25, -0.2) is 9.59 Å². The van der Waals surface area contributed by atoms with Gasteiger partial charge in [-0.3, -0.25) is 4.21 Å². The zero-order valence-electron chi connectivity index (χ0n) is 11.3. The number of aliphatic carboxylic acids is 1. The molecule has 2 amide bonds. The summed E-state index contributed by atoms with van der Waals surface area (Å²) in [6.07, 6.45) is 2.20. The molecular weight excluding hydrogens is 256 g/mol. The van der Waals surface area contributed by atoms with Crippen molar-refractivity contribution in [2.24, 2.45) is 5.41 Å². The zero-order chi connectivity index (χ0) is 14.3. The quantitative estimate of drug-likeness (QED) is 0.618. The molecule has 0 saturated heterocycles. The van der Waals surface area contributed by atoms with Crippen LogP contribution in [0.15, 0.2) is 0 Å². The lowest BCUT2D eigenvalue weighted by Crippen LogP contribution is -2.52. The third-order valence-corrected chi connectivity index (χ3v) is 3.15. The van der Waals surface area contributed by atoms with Crippen molar-refractivity contribution in [3.05, 3.63) is 0 Å². The number of carboxylic acids is 1. The van der Waals surface area contributed by atoms with Crippen LogP contribution < -0.4 is 10.6 Å². The first-order chi connectivity index (χ1) is 8.14. The Morgan fingerprint density at radius 3 is 2.28 bits per heavy atom. The van der Waals surface area contributed by atoms with E-state index in [1.807, 2.05) is 0 Å². The first-order valence-corrected chi connectivity index (χ1v) is 7.44. The Balaban J connectivity index is 4.12. The lowest BCUT2D eigenvalue weighted by Gasteiger charge is -2.27. The highest BCUT2D eigenvalue weighted by Crippen LogP contribution is 2.19. The number of rotatable bonds is 6. The highest BCUT2D eigenvalue weighted by molar-refractivity contribution is 7.84. The second-order valence-corrected chi connectivity index (χ2v) is 6.72. The molecule has 3 N–H and O–H groups in total. The van der Waals surface area contributed by atoms with Crippen LogP contribution in [0.5, 0.6) is 0 Å². The lowest BCUT2D eigenvalue weighted by atomic mass is 9.87. The molecule has 0 aliphatic rings. The highest BCUT2D eigenvalue weighted by atomic mass is 32.2. The Hall–Kier alpha value is -1.11. The van der Waals surface area contributed by atoms with E-state index in [4.69, 9.17) is 5.11 Å². The average molecular weight is 278 g/mol. The van der Waals surface area contributed by atoms with Gasteiger partial charge >= 0.3 is 12.0 Å². The fourth-order valence-corrected chi connectivity index (χ4v) is 1.86. The van der Waals surface area contributed by atoms with E-state index in [0.717, 1.165) is 0 Å². The van der Waals surface area contributed by atoms with Crippen molar-refractivity contribution in [2.75, 3.05) is 18.6 Å². The van der Waals surface area contributed by atoms with Crippen LogP contribution in [0.25, 0.3) is 0 Å². The van der Waals surface area contributed by atoms with Crippen LogP contribution >= 0.6 is 0 Å². The monoisotopic (exact) mass is 278 g/mol. The molecule has 0 fully saturated rings. The van der Waals surface area contributed by atoms with E-state index >= 15 is 0 Å². The lowest BCUT2D eigenvalue weighted by molar-refractivity contribution is -0.141. The fraction of sp³-hybridized carbons (Fsp3) is 0.818. The number of hydrogen-bond donors (Lipinski definition) is 3. The van der Waals surface area contributed by atoms with E-state index < -0.39 is 34.3 Å². The summed E-state index contributed by atoms with van der Waals surface area (Å²) in [5.74, 6) is -0.547.